The SMILES string of the molecule is COCCOCCOc1c([C@H](C)N)ccc2ccccc12. The lowest BCUT2D eigenvalue weighted by Crippen LogP contribution is -2.13. The molecule has 0 aromatic heterocycles. The Morgan fingerprint density at radius 3 is 2.52 bits per heavy atom. The fourth-order valence-electron chi connectivity index (χ4n) is 2.23. The third-order valence-electron chi connectivity index (χ3n) is 3.31. The summed E-state index contributed by atoms with van der Waals surface area (Å²) in [4.78, 5) is 0. The molecule has 0 amide bonds. The maximum absolute atomic E-state index is 6.05. The molecule has 21 heavy (non-hydrogen) atoms. The van der Waals surface area contributed by atoms with E-state index in [1.54, 1.807) is 7.11 Å². The highest BCUT2D eigenvalue weighted by molar-refractivity contribution is 5.89. The lowest BCUT2D eigenvalue weighted by atomic mass is 10.0. The fraction of sp³-hybridized carbons (Fsp3) is 0.412. The monoisotopic (exact) mass is 289 g/mol. The van der Waals surface area contributed by atoms with Gasteiger partial charge in [0.25, 0.3) is 0 Å². The summed E-state index contributed by atoms with van der Waals surface area (Å²) in [5.74, 6) is 0.860. The van der Waals surface area contributed by atoms with Gasteiger partial charge in [-0.2, -0.15) is 0 Å². The van der Waals surface area contributed by atoms with E-state index in [4.69, 9.17) is 19.9 Å². The number of nitrogens with two attached hydrogens (primary N) is 1. The number of ether oxygens (including phenoxy) is 3. The lowest BCUT2D eigenvalue weighted by Gasteiger charge is -2.16. The molecular formula is C17H23NO3. The minimum absolute atomic E-state index is 0.0704. The molecule has 2 N–H and O–H groups in total. The predicted molar refractivity (Wildman–Crippen MR) is 84.7 cm³/mol. The van der Waals surface area contributed by atoms with Crippen LogP contribution < -0.4 is 10.5 Å². The van der Waals surface area contributed by atoms with Gasteiger partial charge in [0.2, 0.25) is 0 Å². The molecule has 0 aliphatic carbocycles. The maximum atomic E-state index is 6.05. The zero-order valence-electron chi connectivity index (χ0n) is 12.7. The number of rotatable bonds is 8. The van der Waals surface area contributed by atoms with E-state index in [-0.39, 0.29) is 6.04 Å². The maximum Gasteiger partial charge on any atom is 0.131 e. The van der Waals surface area contributed by atoms with Gasteiger partial charge in [0.05, 0.1) is 19.8 Å². The van der Waals surface area contributed by atoms with Crippen molar-refractivity contribution in [2.75, 3.05) is 33.5 Å². The molecule has 2 aromatic rings. The summed E-state index contributed by atoms with van der Waals surface area (Å²) in [6.45, 7) is 4.17. The third kappa shape index (κ3) is 4.17. The Hall–Kier alpha value is -1.62. The second-order valence-corrected chi connectivity index (χ2v) is 4.95. The molecule has 0 saturated carbocycles. The van der Waals surface area contributed by atoms with E-state index in [1.165, 1.54) is 0 Å². The zero-order valence-corrected chi connectivity index (χ0v) is 12.7. The molecule has 4 heteroatoms. The number of hydrogen-bond acceptors (Lipinski definition) is 4. The number of methoxy groups -OCH3 is 1. The van der Waals surface area contributed by atoms with Gasteiger partial charge in [0.1, 0.15) is 12.4 Å². The first-order chi connectivity index (χ1) is 10.2. The topological polar surface area (TPSA) is 53.7 Å². The van der Waals surface area contributed by atoms with Crippen LogP contribution in [0.4, 0.5) is 0 Å². The molecule has 0 saturated heterocycles. The summed E-state index contributed by atoms with van der Waals surface area (Å²) in [6.07, 6.45) is 0. The van der Waals surface area contributed by atoms with Crippen LogP contribution in [0.2, 0.25) is 0 Å². The van der Waals surface area contributed by atoms with Gasteiger partial charge in [0, 0.05) is 24.1 Å². The van der Waals surface area contributed by atoms with Crippen molar-refractivity contribution in [3.8, 4) is 5.75 Å². The summed E-state index contributed by atoms with van der Waals surface area (Å²) in [5.41, 5.74) is 7.07. The van der Waals surface area contributed by atoms with Crippen molar-refractivity contribution in [2.24, 2.45) is 5.73 Å². The van der Waals surface area contributed by atoms with Crippen molar-refractivity contribution in [1.29, 1.82) is 0 Å². The van der Waals surface area contributed by atoms with Gasteiger partial charge in [-0.1, -0.05) is 36.4 Å². The van der Waals surface area contributed by atoms with Crippen LogP contribution in [0, 0.1) is 0 Å². The van der Waals surface area contributed by atoms with Gasteiger partial charge >= 0.3 is 0 Å². The van der Waals surface area contributed by atoms with Crippen LogP contribution in [0.25, 0.3) is 10.8 Å². The van der Waals surface area contributed by atoms with E-state index >= 15 is 0 Å². The van der Waals surface area contributed by atoms with Crippen molar-refractivity contribution >= 4 is 10.8 Å². The Kier molecular flexibility index (Phi) is 5.99. The molecule has 0 aliphatic rings. The van der Waals surface area contributed by atoms with Crippen molar-refractivity contribution < 1.29 is 14.2 Å². The quantitative estimate of drug-likeness (QED) is 0.759. The largest absolute Gasteiger partial charge is 0.490 e. The second-order valence-electron chi connectivity index (χ2n) is 4.95. The van der Waals surface area contributed by atoms with Crippen LogP contribution in [0.5, 0.6) is 5.75 Å². The second kappa shape index (κ2) is 7.98. The van der Waals surface area contributed by atoms with Crippen LogP contribution >= 0.6 is 0 Å². The van der Waals surface area contributed by atoms with E-state index in [2.05, 4.69) is 18.2 Å². The molecule has 0 fully saturated rings. The Bertz CT molecular complexity index is 569. The first-order valence-corrected chi connectivity index (χ1v) is 7.20. The average Bonchev–Trinajstić information content (AvgIpc) is 2.50. The smallest absolute Gasteiger partial charge is 0.131 e. The van der Waals surface area contributed by atoms with Crippen molar-refractivity contribution in [1.82, 2.24) is 0 Å². The molecule has 0 aliphatic heterocycles. The Morgan fingerprint density at radius 2 is 1.76 bits per heavy atom. The lowest BCUT2D eigenvalue weighted by molar-refractivity contribution is 0.0545. The Balaban J connectivity index is 2.10. The van der Waals surface area contributed by atoms with Gasteiger partial charge in [-0.05, 0) is 12.3 Å². The Morgan fingerprint density at radius 1 is 1.00 bits per heavy atom. The summed E-state index contributed by atoms with van der Waals surface area (Å²) >= 11 is 0. The third-order valence-corrected chi connectivity index (χ3v) is 3.31. The van der Waals surface area contributed by atoms with Crippen LogP contribution in [0.3, 0.4) is 0 Å². The van der Waals surface area contributed by atoms with Crippen LogP contribution in [0.15, 0.2) is 36.4 Å². The number of benzene rings is 2. The first kappa shape index (κ1) is 15.8. The van der Waals surface area contributed by atoms with Gasteiger partial charge in [-0.25, -0.2) is 0 Å². The Labute approximate surface area is 125 Å². The van der Waals surface area contributed by atoms with Gasteiger partial charge < -0.3 is 19.9 Å². The predicted octanol–water partition coefficient (Wildman–Crippen LogP) is 2.90. The summed E-state index contributed by atoms with van der Waals surface area (Å²) < 4.78 is 16.3. The molecular weight excluding hydrogens is 266 g/mol. The molecule has 1 atom stereocenters. The van der Waals surface area contributed by atoms with E-state index in [0.717, 1.165) is 22.1 Å². The highest BCUT2D eigenvalue weighted by Crippen LogP contribution is 2.32. The van der Waals surface area contributed by atoms with E-state index in [0.29, 0.717) is 26.4 Å². The average molecular weight is 289 g/mol. The van der Waals surface area contributed by atoms with Gasteiger partial charge in [0.15, 0.2) is 0 Å². The zero-order chi connectivity index (χ0) is 15.1. The molecule has 0 heterocycles. The fourth-order valence-corrected chi connectivity index (χ4v) is 2.23. The molecule has 0 unspecified atom stereocenters. The molecule has 2 aromatic carbocycles. The first-order valence-electron chi connectivity index (χ1n) is 7.20. The van der Waals surface area contributed by atoms with Crippen molar-refractivity contribution in [2.45, 2.75) is 13.0 Å². The number of hydrogen-bond donors (Lipinski definition) is 1. The van der Waals surface area contributed by atoms with E-state index in [1.807, 2.05) is 25.1 Å². The molecule has 2 rings (SSSR count). The minimum Gasteiger partial charge on any atom is -0.490 e. The van der Waals surface area contributed by atoms with Gasteiger partial charge in [-0.3, -0.25) is 0 Å². The normalized spacial score (nSPS) is 12.5. The van der Waals surface area contributed by atoms with Crippen LogP contribution in [-0.4, -0.2) is 33.5 Å². The highest BCUT2D eigenvalue weighted by atomic mass is 16.5. The molecule has 0 spiro atoms. The molecule has 0 bridgehead atoms. The van der Waals surface area contributed by atoms with Crippen molar-refractivity contribution in [3.63, 3.8) is 0 Å². The molecule has 4 nitrogen and oxygen atoms in total. The molecule has 0 radical (unpaired) electrons. The molecule has 114 valence electrons. The summed E-state index contributed by atoms with van der Waals surface area (Å²) in [7, 11) is 1.66. The minimum atomic E-state index is -0.0704. The van der Waals surface area contributed by atoms with Crippen LogP contribution in [-0.2, 0) is 9.47 Å². The van der Waals surface area contributed by atoms with Gasteiger partial charge in [-0.15, -0.1) is 0 Å². The highest BCUT2D eigenvalue weighted by Gasteiger charge is 2.12. The number of fused-ring (bicyclic) bond motifs is 1. The van der Waals surface area contributed by atoms with E-state index in [9.17, 15) is 0 Å². The standard InChI is InChI=1S/C17H23NO3/c1-13(18)15-8-7-14-5-3-4-6-16(14)17(15)21-12-11-20-10-9-19-2/h3-8,13H,9-12,18H2,1-2H3/t13-/m0/s1. The van der Waals surface area contributed by atoms with Crippen LogP contribution in [0.1, 0.15) is 18.5 Å². The summed E-state index contributed by atoms with van der Waals surface area (Å²) in [5, 5.41) is 2.24. The van der Waals surface area contributed by atoms with Crippen molar-refractivity contribution in [3.05, 3.63) is 42.0 Å². The van der Waals surface area contributed by atoms with E-state index < -0.39 is 0 Å². The summed E-state index contributed by atoms with van der Waals surface area (Å²) in [6, 6.07) is 12.2.